The van der Waals surface area contributed by atoms with E-state index in [4.69, 9.17) is 5.26 Å². The van der Waals surface area contributed by atoms with Gasteiger partial charge < -0.3 is 0 Å². The summed E-state index contributed by atoms with van der Waals surface area (Å²) in [4.78, 5) is 10.8. The van der Waals surface area contributed by atoms with Crippen LogP contribution in [0.1, 0.15) is 22.8 Å². The zero-order valence-electron chi connectivity index (χ0n) is 6.16. The number of nitriles is 1. The van der Waals surface area contributed by atoms with Crippen molar-refractivity contribution in [1.82, 2.24) is 0 Å². The molecule has 0 aliphatic rings. The van der Waals surface area contributed by atoms with Crippen molar-refractivity contribution in [2.75, 3.05) is 0 Å². The quantitative estimate of drug-likeness (QED) is 0.574. The fourth-order valence-electron chi connectivity index (χ4n) is 0.808. The molecular weight excluding hydrogens is 144 g/mol. The molecule has 0 unspecified atom stereocenters. The smallest absolute Gasteiger partial charge is 0.159 e. The Morgan fingerprint density at radius 2 is 2.27 bits per heavy atom. The first kappa shape index (κ1) is 7.49. The molecule has 0 spiro atoms. The van der Waals surface area contributed by atoms with Crippen LogP contribution in [0.2, 0.25) is 0 Å². The molecule has 1 rings (SSSR count). The Balaban J connectivity index is 3.13. The van der Waals surface area contributed by atoms with E-state index in [2.05, 4.69) is 0 Å². The molecular formula is C9H7NO. The van der Waals surface area contributed by atoms with Gasteiger partial charge in [-0.25, -0.2) is 0 Å². The van der Waals surface area contributed by atoms with Gasteiger partial charge >= 0.3 is 0 Å². The van der Waals surface area contributed by atoms with Gasteiger partial charge in [-0.05, 0) is 19.1 Å². The second-order valence-corrected chi connectivity index (χ2v) is 2.25. The first-order chi connectivity index (χ1) is 5.24. The van der Waals surface area contributed by atoms with Gasteiger partial charge in [-0.15, -0.1) is 0 Å². The molecule has 0 heterocycles. The number of benzene rings is 1. The van der Waals surface area contributed by atoms with Crippen LogP contribution in [0.4, 0.5) is 0 Å². The van der Waals surface area contributed by atoms with Gasteiger partial charge in [0.25, 0.3) is 0 Å². The van der Waals surface area contributed by atoms with Crippen LogP contribution in [-0.4, -0.2) is 5.78 Å². The third-order valence-electron chi connectivity index (χ3n) is 1.40. The van der Waals surface area contributed by atoms with Gasteiger partial charge in [-0.2, -0.15) is 5.26 Å². The summed E-state index contributed by atoms with van der Waals surface area (Å²) >= 11 is 0. The number of nitrogens with zero attached hydrogens (tertiary/aromatic N) is 1. The normalized spacial score (nSPS) is 8.73. The molecule has 0 saturated heterocycles. The Kier molecular flexibility index (Phi) is 2.03. The van der Waals surface area contributed by atoms with E-state index in [1.54, 1.807) is 24.3 Å². The van der Waals surface area contributed by atoms with Gasteiger partial charge in [0.15, 0.2) is 5.78 Å². The van der Waals surface area contributed by atoms with Crippen LogP contribution < -0.4 is 0 Å². The fraction of sp³-hybridized carbons (Fsp3) is 0.111. The van der Waals surface area contributed by atoms with Gasteiger partial charge in [-0.1, -0.05) is 12.1 Å². The lowest BCUT2D eigenvalue weighted by atomic mass is 10.6. The summed E-state index contributed by atoms with van der Waals surface area (Å²) in [5.41, 5.74) is 1.11. The van der Waals surface area contributed by atoms with Crippen LogP contribution in [0, 0.1) is 11.3 Å². The zero-order chi connectivity index (χ0) is 8.27. The monoisotopic (exact) mass is 151 g/mol. The maximum atomic E-state index is 10.8. The summed E-state index contributed by atoms with van der Waals surface area (Å²) in [6.45, 7) is 1.48. The molecule has 0 aliphatic carbocycles. The van der Waals surface area contributed by atoms with Crippen molar-refractivity contribution in [3.8, 4) is 6.07 Å². The largest absolute Gasteiger partial charge is 0.295 e. The highest BCUT2D eigenvalue weighted by Gasteiger charge is 1.98. The van der Waals surface area contributed by atoms with E-state index in [9.17, 15) is 4.79 Å². The van der Waals surface area contributed by atoms with Crippen molar-refractivity contribution in [2.45, 2.75) is 6.92 Å². The van der Waals surface area contributed by atoms with Gasteiger partial charge in [0, 0.05) is 5.56 Å². The highest BCUT2D eigenvalue weighted by molar-refractivity contribution is 5.94. The summed E-state index contributed by atoms with van der Waals surface area (Å²) in [7, 11) is 0. The van der Waals surface area contributed by atoms with Crippen molar-refractivity contribution in [1.29, 1.82) is 5.26 Å². The minimum atomic E-state index is -0.0119. The van der Waals surface area contributed by atoms with Gasteiger partial charge in [0.05, 0.1) is 11.6 Å². The van der Waals surface area contributed by atoms with E-state index in [1.807, 2.05) is 6.07 Å². The average molecular weight is 151 g/mol. The van der Waals surface area contributed by atoms with Crippen LogP contribution in [0.15, 0.2) is 24.3 Å². The number of hydrogen-bond donors (Lipinski definition) is 0. The predicted octanol–water partition coefficient (Wildman–Crippen LogP) is 1.76. The average Bonchev–Trinajstić information content (AvgIpc) is 2.05. The summed E-state index contributed by atoms with van der Waals surface area (Å²) in [6, 6.07) is 8.63. The first-order valence-electron chi connectivity index (χ1n) is 3.25. The number of rotatable bonds is 1. The molecule has 0 fully saturated rings. The van der Waals surface area contributed by atoms with E-state index >= 15 is 0 Å². The molecule has 1 aromatic carbocycles. The SMILES string of the molecule is CC(=O)[13c]1[13cH][13cH][13cH][13c](C#N)[13cH]1. The van der Waals surface area contributed by atoms with E-state index in [-0.39, 0.29) is 5.78 Å². The van der Waals surface area contributed by atoms with E-state index in [1.165, 1.54) is 6.92 Å². The first-order valence-corrected chi connectivity index (χ1v) is 3.25. The second-order valence-electron chi connectivity index (χ2n) is 2.25. The highest BCUT2D eigenvalue weighted by Crippen LogP contribution is 2.03. The predicted molar refractivity (Wildman–Crippen MR) is 41.2 cm³/mol. The van der Waals surface area contributed by atoms with E-state index in [0.717, 1.165) is 0 Å². The number of ketones is 1. The van der Waals surface area contributed by atoms with Crippen LogP contribution in [0.25, 0.3) is 0 Å². The molecule has 0 N–H and O–H groups in total. The highest BCUT2D eigenvalue weighted by atomic mass is 16.1. The Hall–Kier alpha value is -1.62. The van der Waals surface area contributed by atoms with Crippen LogP contribution in [0.3, 0.4) is 0 Å². The molecule has 11 heavy (non-hydrogen) atoms. The minimum Gasteiger partial charge on any atom is -0.295 e. The molecule has 0 saturated carbocycles. The van der Waals surface area contributed by atoms with Crippen LogP contribution in [0.5, 0.6) is 0 Å². The number of carbonyl (C=O) groups is 1. The Morgan fingerprint density at radius 1 is 1.55 bits per heavy atom. The molecule has 2 nitrogen and oxygen atoms in total. The summed E-state index contributed by atoms with van der Waals surface area (Å²) in [6.07, 6.45) is 0. The van der Waals surface area contributed by atoms with Crippen molar-refractivity contribution in [3.05, 3.63) is 35.4 Å². The Morgan fingerprint density at radius 3 is 2.82 bits per heavy atom. The topological polar surface area (TPSA) is 40.9 Å². The molecule has 1 aromatic rings. The maximum Gasteiger partial charge on any atom is 0.159 e. The lowest BCUT2D eigenvalue weighted by Gasteiger charge is -1.93. The van der Waals surface area contributed by atoms with Crippen molar-refractivity contribution >= 4 is 5.78 Å². The molecule has 0 amide bonds. The van der Waals surface area contributed by atoms with Crippen LogP contribution in [-0.2, 0) is 0 Å². The zero-order valence-corrected chi connectivity index (χ0v) is 6.16. The third kappa shape index (κ3) is 1.65. The second kappa shape index (κ2) is 2.98. The molecule has 54 valence electrons. The molecule has 0 bridgehead atoms. The number of Topliss-reactive ketones (excluding diaryl/α,β-unsaturated/α-hetero) is 1. The number of hydrogen-bond acceptors (Lipinski definition) is 2. The Bertz CT molecular complexity index is 323. The van der Waals surface area contributed by atoms with E-state index in [0.29, 0.717) is 11.1 Å². The molecule has 2 heteroatoms. The lowest BCUT2D eigenvalue weighted by Crippen LogP contribution is -1.91. The van der Waals surface area contributed by atoms with Crippen molar-refractivity contribution < 1.29 is 4.79 Å². The van der Waals surface area contributed by atoms with Crippen LogP contribution >= 0.6 is 0 Å². The fourth-order valence-corrected chi connectivity index (χ4v) is 0.808. The molecule has 0 radical (unpaired) electrons. The minimum absolute atomic E-state index is 0.0119. The number of carbonyl (C=O) groups excluding carboxylic acids is 1. The van der Waals surface area contributed by atoms with Crippen molar-refractivity contribution in [2.24, 2.45) is 0 Å². The summed E-state index contributed by atoms with van der Waals surface area (Å²) < 4.78 is 0. The van der Waals surface area contributed by atoms with E-state index < -0.39 is 0 Å². The summed E-state index contributed by atoms with van der Waals surface area (Å²) in [5, 5.41) is 8.48. The molecule has 0 aliphatic heterocycles. The molecule has 0 aromatic heterocycles. The standard InChI is InChI=1S/C9H7NO/c1-7(11)9-4-2-3-8(5-9)6-10/h2-5H,1H3/i2+1,3+1,4+1,5+1,8+1,9+1. The third-order valence-corrected chi connectivity index (χ3v) is 1.40. The lowest BCUT2D eigenvalue weighted by molar-refractivity contribution is 0.101. The maximum absolute atomic E-state index is 10.8. The van der Waals surface area contributed by atoms with Gasteiger partial charge in [0.1, 0.15) is 0 Å². The van der Waals surface area contributed by atoms with Gasteiger partial charge in [0.2, 0.25) is 0 Å². The molecule has 0 atom stereocenters. The Labute approximate surface area is 65.1 Å². The summed E-state index contributed by atoms with van der Waals surface area (Å²) in [5.74, 6) is -0.0119. The van der Waals surface area contributed by atoms with Gasteiger partial charge in [-0.3, -0.25) is 4.79 Å². The van der Waals surface area contributed by atoms with Crippen molar-refractivity contribution in [3.63, 3.8) is 0 Å².